The zero-order valence-electron chi connectivity index (χ0n) is 14.5. The molecule has 3 rings (SSSR count). The van der Waals surface area contributed by atoms with Crippen molar-refractivity contribution in [3.05, 3.63) is 71.4 Å². The van der Waals surface area contributed by atoms with Gasteiger partial charge in [-0.05, 0) is 42.7 Å². The van der Waals surface area contributed by atoms with E-state index in [4.69, 9.17) is 4.42 Å². The van der Waals surface area contributed by atoms with Gasteiger partial charge in [-0.25, -0.2) is 4.39 Å². The highest BCUT2D eigenvalue weighted by atomic mass is 19.1. The quantitative estimate of drug-likeness (QED) is 0.701. The number of carbonyl (C=O) groups excluding carboxylic acids is 1. The SMILES string of the molecule is Cc1cc(CNC(=O)CCCc2nnc(-c3ccccc3)o2)ccc1F. The lowest BCUT2D eigenvalue weighted by atomic mass is 10.1. The number of aryl methyl sites for hydroxylation is 2. The minimum atomic E-state index is -0.241. The van der Waals surface area contributed by atoms with E-state index in [0.29, 0.717) is 43.2 Å². The van der Waals surface area contributed by atoms with Gasteiger partial charge in [-0.2, -0.15) is 0 Å². The number of rotatable bonds is 7. The molecule has 5 nitrogen and oxygen atoms in total. The van der Waals surface area contributed by atoms with Crippen LogP contribution in [0.4, 0.5) is 4.39 Å². The Labute approximate surface area is 151 Å². The fourth-order valence-electron chi connectivity index (χ4n) is 2.56. The number of nitrogens with one attached hydrogen (secondary N) is 1. The van der Waals surface area contributed by atoms with Crippen molar-refractivity contribution < 1.29 is 13.6 Å². The second kappa shape index (κ2) is 8.38. The molecule has 0 radical (unpaired) electrons. The Morgan fingerprint density at radius 3 is 2.73 bits per heavy atom. The second-order valence-corrected chi connectivity index (χ2v) is 6.08. The number of hydrogen-bond donors (Lipinski definition) is 1. The van der Waals surface area contributed by atoms with Crippen LogP contribution in [0.25, 0.3) is 11.5 Å². The number of halogens is 1. The lowest BCUT2D eigenvalue weighted by Gasteiger charge is -2.06. The first-order valence-electron chi connectivity index (χ1n) is 8.51. The van der Waals surface area contributed by atoms with E-state index >= 15 is 0 Å². The average Bonchev–Trinajstić information content (AvgIpc) is 3.12. The summed E-state index contributed by atoms with van der Waals surface area (Å²) in [4.78, 5) is 11.9. The molecule has 1 amide bonds. The average molecular weight is 353 g/mol. The summed E-state index contributed by atoms with van der Waals surface area (Å²) in [6, 6.07) is 14.4. The molecule has 0 fully saturated rings. The van der Waals surface area contributed by atoms with E-state index < -0.39 is 0 Å². The maximum atomic E-state index is 13.2. The second-order valence-electron chi connectivity index (χ2n) is 6.08. The van der Waals surface area contributed by atoms with Crippen molar-refractivity contribution in [1.82, 2.24) is 15.5 Å². The van der Waals surface area contributed by atoms with Gasteiger partial charge in [0.25, 0.3) is 0 Å². The summed E-state index contributed by atoms with van der Waals surface area (Å²) in [6.45, 7) is 2.09. The molecule has 1 heterocycles. The van der Waals surface area contributed by atoms with Crippen molar-refractivity contribution >= 4 is 5.91 Å². The van der Waals surface area contributed by atoms with Crippen LogP contribution in [0.3, 0.4) is 0 Å². The highest BCUT2D eigenvalue weighted by Gasteiger charge is 2.09. The van der Waals surface area contributed by atoms with Gasteiger partial charge in [-0.1, -0.05) is 30.3 Å². The number of nitrogens with zero attached hydrogens (tertiary/aromatic N) is 2. The van der Waals surface area contributed by atoms with Crippen molar-refractivity contribution in [3.63, 3.8) is 0 Å². The predicted octanol–water partition coefficient (Wildman–Crippen LogP) is 3.82. The largest absolute Gasteiger partial charge is 0.421 e. The smallest absolute Gasteiger partial charge is 0.247 e. The Bertz CT molecular complexity index is 878. The van der Waals surface area contributed by atoms with E-state index in [1.807, 2.05) is 30.3 Å². The van der Waals surface area contributed by atoms with Crippen LogP contribution in [0.5, 0.6) is 0 Å². The molecule has 1 aromatic heterocycles. The Morgan fingerprint density at radius 2 is 1.96 bits per heavy atom. The summed E-state index contributed by atoms with van der Waals surface area (Å²) in [5.74, 6) is 0.701. The zero-order valence-corrected chi connectivity index (χ0v) is 14.5. The summed E-state index contributed by atoms with van der Waals surface area (Å²) in [5, 5.41) is 10.9. The third-order valence-electron chi connectivity index (χ3n) is 3.99. The van der Waals surface area contributed by atoms with E-state index in [1.54, 1.807) is 19.1 Å². The first-order valence-corrected chi connectivity index (χ1v) is 8.51. The van der Waals surface area contributed by atoms with Gasteiger partial charge in [0.1, 0.15) is 5.82 Å². The summed E-state index contributed by atoms with van der Waals surface area (Å²) >= 11 is 0. The molecule has 1 N–H and O–H groups in total. The lowest BCUT2D eigenvalue weighted by Crippen LogP contribution is -2.22. The van der Waals surface area contributed by atoms with Crippen molar-refractivity contribution in [2.24, 2.45) is 0 Å². The minimum absolute atomic E-state index is 0.0604. The highest BCUT2D eigenvalue weighted by Crippen LogP contribution is 2.17. The van der Waals surface area contributed by atoms with Crippen LogP contribution in [0.15, 0.2) is 52.9 Å². The van der Waals surface area contributed by atoms with E-state index in [0.717, 1.165) is 11.1 Å². The van der Waals surface area contributed by atoms with Crippen molar-refractivity contribution in [2.45, 2.75) is 32.7 Å². The fourth-order valence-corrected chi connectivity index (χ4v) is 2.56. The molecule has 0 bridgehead atoms. The monoisotopic (exact) mass is 353 g/mol. The molecule has 26 heavy (non-hydrogen) atoms. The molecule has 3 aromatic rings. The molecule has 0 aliphatic carbocycles. The Morgan fingerprint density at radius 1 is 1.15 bits per heavy atom. The molecular weight excluding hydrogens is 333 g/mol. The van der Waals surface area contributed by atoms with Crippen molar-refractivity contribution in [3.8, 4) is 11.5 Å². The van der Waals surface area contributed by atoms with Crippen LogP contribution < -0.4 is 5.32 Å². The van der Waals surface area contributed by atoms with E-state index in [-0.39, 0.29) is 11.7 Å². The first kappa shape index (κ1) is 17.8. The fraction of sp³-hybridized carbons (Fsp3) is 0.250. The van der Waals surface area contributed by atoms with Crippen LogP contribution in [0.1, 0.15) is 29.9 Å². The third-order valence-corrected chi connectivity index (χ3v) is 3.99. The predicted molar refractivity (Wildman–Crippen MR) is 95.7 cm³/mol. The van der Waals surface area contributed by atoms with Gasteiger partial charge in [0.15, 0.2) is 0 Å². The minimum Gasteiger partial charge on any atom is -0.421 e. The number of carbonyl (C=O) groups is 1. The molecule has 0 spiro atoms. The standard InChI is InChI=1S/C20H20FN3O2/c1-14-12-15(10-11-17(14)21)13-22-18(25)8-5-9-19-23-24-20(26-19)16-6-3-2-4-7-16/h2-4,6-7,10-12H,5,8-9,13H2,1H3,(H,22,25). The van der Waals surface area contributed by atoms with Gasteiger partial charge < -0.3 is 9.73 Å². The van der Waals surface area contributed by atoms with Crippen LogP contribution in [-0.2, 0) is 17.8 Å². The molecule has 0 aliphatic heterocycles. The van der Waals surface area contributed by atoms with E-state index in [1.165, 1.54) is 6.07 Å². The van der Waals surface area contributed by atoms with E-state index in [2.05, 4.69) is 15.5 Å². The van der Waals surface area contributed by atoms with Gasteiger partial charge >= 0.3 is 0 Å². The highest BCUT2D eigenvalue weighted by molar-refractivity contribution is 5.75. The maximum Gasteiger partial charge on any atom is 0.247 e. The van der Waals surface area contributed by atoms with Crippen LogP contribution in [0, 0.1) is 12.7 Å². The van der Waals surface area contributed by atoms with Gasteiger partial charge in [0, 0.05) is 24.9 Å². The van der Waals surface area contributed by atoms with Crippen LogP contribution in [-0.4, -0.2) is 16.1 Å². The molecule has 6 heteroatoms. The molecule has 134 valence electrons. The molecule has 0 atom stereocenters. The topological polar surface area (TPSA) is 68.0 Å². The van der Waals surface area contributed by atoms with Crippen molar-refractivity contribution in [1.29, 1.82) is 0 Å². The molecule has 0 aliphatic rings. The summed E-state index contributed by atoms with van der Waals surface area (Å²) in [5.41, 5.74) is 2.32. The van der Waals surface area contributed by atoms with Crippen LogP contribution >= 0.6 is 0 Å². The lowest BCUT2D eigenvalue weighted by molar-refractivity contribution is -0.121. The van der Waals surface area contributed by atoms with E-state index in [9.17, 15) is 9.18 Å². The molecule has 0 saturated carbocycles. The number of amides is 1. The van der Waals surface area contributed by atoms with Crippen molar-refractivity contribution in [2.75, 3.05) is 0 Å². The molecule has 0 saturated heterocycles. The zero-order chi connectivity index (χ0) is 18.4. The Hall–Kier alpha value is -3.02. The Kier molecular flexibility index (Phi) is 5.73. The molecule has 0 unspecified atom stereocenters. The normalized spacial score (nSPS) is 10.7. The summed E-state index contributed by atoms with van der Waals surface area (Å²) in [6.07, 6.45) is 1.52. The third kappa shape index (κ3) is 4.75. The van der Waals surface area contributed by atoms with Gasteiger partial charge in [-0.3, -0.25) is 4.79 Å². The Balaban J connectivity index is 1.42. The number of hydrogen-bond acceptors (Lipinski definition) is 4. The molecule has 2 aromatic carbocycles. The van der Waals surface area contributed by atoms with Gasteiger partial charge in [-0.15, -0.1) is 10.2 Å². The number of aromatic nitrogens is 2. The summed E-state index contributed by atoms with van der Waals surface area (Å²) < 4.78 is 18.8. The van der Waals surface area contributed by atoms with Gasteiger partial charge in [0.2, 0.25) is 17.7 Å². The molecular formula is C20H20FN3O2. The maximum absolute atomic E-state index is 13.2. The van der Waals surface area contributed by atoms with Gasteiger partial charge in [0.05, 0.1) is 0 Å². The number of benzene rings is 2. The van der Waals surface area contributed by atoms with Crippen LogP contribution in [0.2, 0.25) is 0 Å². The first-order chi connectivity index (χ1) is 12.6. The summed E-state index contributed by atoms with van der Waals surface area (Å²) in [7, 11) is 0.